The third-order valence-corrected chi connectivity index (χ3v) is 5.35. The van der Waals surface area contributed by atoms with Crippen LogP contribution < -0.4 is 10.1 Å². The molecular weight excluding hydrogens is 354 g/mol. The van der Waals surface area contributed by atoms with E-state index in [1.165, 1.54) is 5.56 Å². The molecule has 1 amide bonds. The zero-order valence-corrected chi connectivity index (χ0v) is 16.0. The van der Waals surface area contributed by atoms with Crippen molar-refractivity contribution in [3.05, 3.63) is 59.8 Å². The minimum absolute atomic E-state index is 0.0253. The van der Waals surface area contributed by atoms with Gasteiger partial charge in [-0.1, -0.05) is 30.3 Å². The van der Waals surface area contributed by atoms with Gasteiger partial charge in [-0.25, -0.2) is 4.98 Å². The Morgan fingerprint density at radius 1 is 1.14 bits per heavy atom. The lowest BCUT2D eigenvalue weighted by Crippen LogP contribution is -2.44. The second-order valence-corrected chi connectivity index (χ2v) is 7.47. The van der Waals surface area contributed by atoms with E-state index in [4.69, 9.17) is 9.47 Å². The highest BCUT2D eigenvalue weighted by molar-refractivity contribution is 5.96. The molecular formula is C22H27N3O3. The number of ether oxygens (including phenoxy) is 2. The van der Waals surface area contributed by atoms with Gasteiger partial charge in [0, 0.05) is 38.3 Å². The van der Waals surface area contributed by atoms with Gasteiger partial charge in [-0.05, 0) is 30.5 Å². The van der Waals surface area contributed by atoms with Crippen molar-refractivity contribution < 1.29 is 14.3 Å². The van der Waals surface area contributed by atoms with Crippen LogP contribution in [-0.2, 0) is 11.3 Å². The Labute approximate surface area is 165 Å². The number of carbonyl (C=O) groups excluding carboxylic acids is 1. The number of aromatic nitrogens is 1. The first-order valence-electron chi connectivity index (χ1n) is 10.0. The summed E-state index contributed by atoms with van der Waals surface area (Å²) in [6.07, 6.45) is 4.36. The molecule has 2 aliphatic heterocycles. The molecule has 1 N–H and O–H groups in total. The highest BCUT2D eigenvalue weighted by Gasteiger charge is 2.25. The van der Waals surface area contributed by atoms with Crippen molar-refractivity contribution in [2.45, 2.75) is 38.0 Å². The fourth-order valence-corrected chi connectivity index (χ4v) is 3.76. The second-order valence-electron chi connectivity index (χ2n) is 7.47. The predicted molar refractivity (Wildman–Crippen MR) is 106 cm³/mol. The molecule has 1 aromatic carbocycles. The molecule has 0 aliphatic carbocycles. The van der Waals surface area contributed by atoms with Crippen molar-refractivity contribution in [1.29, 1.82) is 0 Å². The molecule has 1 unspecified atom stereocenters. The lowest BCUT2D eigenvalue weighted by atomic mass is 10.0. The summed E-state index contributed by atoms with van der Waals surface area (Å²) < 4.78 is 11.2. The highest BCUT2D eigenvalue weighted by atomic mass is 16.5. The average Bonchev–Trinajstić information content (AvgIpc) is 3.24. The Hall–Kier alpha value is -2.44. The largest absolute Gasteiger partial charge is 0.471 e. The molecule has 6 nitrogen and oxygen atoms in total. The van der Waals surface area contributed by atoms with E-state index in [2.05, 4.69) is 39.5 Å². The molecule has 1 atom stereocenters. The number of pyridine rings is 1. The van der Waals surface area contributed by atoms with Crippen molar-refractivity contribution >= 4 is 5.91 Å². The summed E-state index contributed by atoms with van der Waals surface area (Å²) in [5.74, 6) is 0.292. The van der Waals surface area contributed by atoms with Crippen LogP contribution in [0.15, 0.2) is 48.7 Å². The monoisotopic (exact) mass is 381 g/mol. The average molecular weight is 381 g/mol. The first-order chi connectivity index (χ1) is 13.8. The number of amides is 1. The van der Waals surface area contributed by atoms with Crippen LogP contribution in [0.4, 0.5) is 0 Å². The molecule has 3 heterocycles. The zero-order chi connectivity index (χ0) is 19.2. The van der Waals surface area contributed by atoms with Gasteiger partial charge in [-0.2, -0.15) is 0 Å². The molecule has 28 heavy (non-hydrogen) atoms. The van der Waals surface area contributed by atoms with Crippen LogP contribution in [0.5, 0.6) is 5.88 Å². The van der Waals surface area contributed by atoms with Gasteiger partial charge >= 0.3 is 0 Å². The van der Waals surface area contributed by atoms with Gasteiger partial charge in [-0.15, -0.1) is 0 Å². The Kier molecular flexibility index (Phi) is 6.19. The van der Waals surface area contributed by atoms with Gasteiger partial charge in [0.15, 0.2) is 0 Å². The Bertz CT molecular complexity index is 770. The Balaban J connectivity index is 1.30. The molecule has 0 saturated carbocycles. The summed E-state index contributed by atoms with van der Waals surface area (Å²) in [5, 5.41) is 3.17. The molecule has 0 radical (unpaired) electrons. The third kappa shape index (κ3) is 4.88. The normalized spacial score (nSPS) is 20.8. The van der Waals surface area contributed by atoms with E-state index in [0.29, 0.717) is 24.7 Å². The van der Waals surface area contributed by atoms with Crippen LogP contribution >= 0.6 is 0 Å². The number of rotatable bonds is 6. The van der Waals surface area contributed by atoms with Crippen molar-refractivity contribution in [3.8, 4) is 5.88 Å². The van der Waals surface area contributed by atoms with Crippen molar-refractivity contribution in [2.75, 3.05) is 26.3 Å². The van der Waals surface area contributed by atoms with E-state index < -0.39 is 0 Å². The third-order valence-electron chi connectivity index (χ3n) is 5.35. The van der Waals surface area contributed by atoms with Crippen LogP contribution in [0, 0.1) is 0 Å². The maximum atomic E-state index is 12.8. The van der Waals surface area contributed by atoms with Gasteiger partial charge < -0.3 is 14.8 Å². The molecule has 0 bridgehead atoms. The van der Waals surface area contributed by atoms with Crippen molar-refractivity contribution in [3.63, 3.8) is 0 Å². The molecule has 2 fully saturated rings. The van der Waals surface area contributed by atoms with E-state index in [9.17, 15) is 4.79 Å². The van der Waals surface area contributed by atoms with E-state index in [-0.39, 0.29) is 18.1 Å². The molecule has 6 heteroatoms. The van der Waals surface area contributed by atoms with Crippen LogP contribution in [0.2, 0.25) is 0 Å². The minimum atomic E-state index is -0.108. The van der Waals surface area contributed by atoms with Crippen molar-refractivity contribution in [2.24, 2.45) is 0 Å². The lowest BCUT2D eigenvalue weighted by Gasteiger charge is -2.32. The molecule has 148 valence electrons. The maximum absolute atomic E-state index is 12.8. The van der Waals surface area contributed by atoms with E-state index in [0.717, 1.165) is 38.9 Å². The smallest absolute Gasteiger partial charge is 0.256 e. The van der Waals surface area contributed by atoms with Gasteiger partial charge in [0.25, 0.3) is 5.91 Å². The number of nitrogens with one attached hydrogen (secondary N) is 1. The first-order valence-corrected chi connectivity index (χ1v) is 10.0. The summed E-state index contributed by atoms with van der Waals surface area (Å²) in [6, 6.07) is 14.2. The fourth-order valence-electron chi connectivity index (χ4n) is 3.76. The van der Waals surface area contributed by atoms with Gasteiger partial charge in [-0.3, -0.25) is 9.69 Å². The van der Waals surface area contributed by atoms with Crippen LogP contribution in [0.3, 0.4) is 0 Å². The highest BCUT2D eigenvalue weighted by Crippen LogP contribution is 2.20. The first kappa shape index (κ1) is 18.9. The number of piperidine rings is 1. The minimum Gasteiger partial charge on any atom is -0.471 e. The van der Waals surface area contributed by atoms with E-state index in [1.807, 2.05) is 6.07 Å². The quantitative estimate of drug-likeness (QED) is 0.833. The topological polar surface area (TPSA) is 63.7 Å². The van der Waals surface area contributed by atoms with Crippen LogP contribution in [0.1, 0.15) is 35.2 Å². The Morgan fingerprint density at radius 3 is 2.71 bits per heavy atom. The van der Waals surface area contributed by atoms with E-state index >= 15 is 0 Å². The number of hydrogen-bond donors (Lipinski definition) is 1. The number of likely N-dealkylation sites (tertiary alicyclic amines) is 1. The number of benzene rings is 1. The second kappa shape index (κ2) is 9.17. The molecule has 1 aromatic heterocycles. The molecule has 4 rings (SSSR count). The molecule has 2 aliphatic rings. The molecule has 2 saturated heterocycles. The Morgan fingerprint density at radius 2 is 1.96 bits per heavy atom. The summed E-state index contributed by atoms with van der Waals surface area (Å²) in [7, 11) is 0. The number of carbonyl (C=O) groups is 1. The fraction of sp³-hybridized carbons (Fsp3) is 0.455. The van der Waals surface area contributed by atoms with Gasteiger partial charge in [0.05, 0.1) is 13.2 Å². The predicted octanol–water partition coefficient (Wildman–Crippen LogP) is 2.64. The maximum Gasteiger partial charge on any atom is 0.256 e. The zero-order valence-electron chi connectivity index (χ0n) is 16.0. The summed E-state index contributed by atoms with van der Waals surface area (Å²) in [4.78, 5) is 19.5. The van der Waals surface area contributed by atoms with E-state index in [1.54, 1.807) is 18.3 Å². The lowest BCUT2D eigenvalue weighted by molar-refractivity contribution is 0.0896. The summed E-state index contributed by atoms with van der Waals surface area (Å²) >= 11 is 0. The number of hydrogen-bond acceptors (Lipinski definition) is 5. The van der Waals surface area contributed by atoms with Gasteiger partial charge in [0.1, 0.15) is 11.7 Å². The van der Waals surface area contributed by atoms with Gasteiger partial charge in [0.2, 0.25) is 5.88 Å². The number of nitrogens with zero attached hydrogens (tertiary/aromatic N) is 2. The molecule has 0 spiro atoms. The van der Waals surface area contributed by atoms with Crippen LogP contribution in [0.25, 0.3) is 0 Å². The van der Waals surface area contributed by atoms with Crippen molar-refractivity contribution in [1.82, 2.24) is 15.2 Å². The molecule has 2 aromatic rings. The standard InChI is InChI=1S/C22H27N3O3/c26-21(20-7-4-11-23-22(20)28-19-10-14-27-16-19)24-18-8-12-25(13-9-18)15-17-5-2-1-3-6-17/h1-7,11,18-19H,8-10,12-16H2,(H,24,26). The van der Waals surface area contributed by atoms with Crippen LogP contribution in [-0.4, -0.2) is 54.2 Å². The summed E-state index contributed by atoms with van der Waals surface area (Å²) in [6.45, 7) is 4.18. The SMILES string of the molecule is O=C(NC1CCN(Cc2ccccc2)CC1)c1cccnc1OC1CCOC1. The summed E-state index contributed by atoms with van der Waals surface area (Å²) in [5.41, 5.74) is 1.83.